The summed E-state index contributed by atoms with van der Waals surface area (Å²) in [4.78, 5) is 0. The lowest BCUT2D eigenvalue weighted by Crippen LogP contribution is -2.69. The summed E-state index contributed by atoms with van der Waals surface area (Å²) >= 11 is -1.79. The molecule has 30 heavy (non-hydrogen) atoms. The van der Waals surface area contributed by atoms with Crippen molar-refractivity contribution in [1.82, 2.24) is 0 Å². The molecule has 0 radical (unpaired) electrons. The first-order chi connectivity index (χ1) is 14.4. The second kappa shape index (κ2) is 9.00. The van der Waals surface area contributed by atoms with Crippen LogP contribution in [0.5, 0.6) is 0 Å². The second-order valence-electron chi connectivity index (χ2n) is 8.48. The molecule has 2 aromatic carbocycles. The molecule has 8 heteroatoms. The maximum atomic E-state index is 11.8. The summed E-state index contributed by atoms with van der Waals surface area (Å²) in [7, 11) is -2.86. The molecule has 2 aromatic rings. The van der Waals surface area contributed by atoms with E-state index >= 15 is 0 Å². The van der Waals surface area contributed by atoms with Crippen LogP contribution in [0.3, 0.4) is 0 Å². The normalized spacial score (nSPS) is 24.2. The van der Waals surface area contributed by atoms with Gasteiger partial charge in [-0.05, 0) is 15.4 Å². The van der Waals surface area contributed by atoms with Gasteiger partial charge in [0.2, 0.25) is 0 Å². The first kappa shape index (κ1) is 21.8. The fourth-order valence-corrected chi connectivity index (χ4v) is 9.55. The van der Waals surface area contributed by atoms with Crippen LogP contribution in [0.15, 0.2) is 60.7 Å². The molecule has 2 heterocycles. The molecule has 0 amide bonds. The molecule has 2 saturated heterocycles. The van der Waals surface area contributed by atoms with Gasteiger partial charge in [0.15, 0.2) is 6.29 Å². The van der Waals surface area contributed by atoms with Crippen molar-refractivity contribution >= 4 is 30.1 Å². The number of rotatable bonds is 6. The van der Waals surface area contributed by atoms with Gasteiger partial charge in [0, 0.05) is 0 Å². The average molecular weight is 449 g/mol. The minimum atomic E-state index is -2.86. The minimum absolute atomic E-state index is 0.165. The lowest BCUT2D eigenvalue weighted by Gasteiger charge is -2.46. The van der Waals surface area contributed by atoms with Crippen LogP contribution >= 0.6 is 0 Å². The first-order valence-electron chi connectivity index (χ1n) is 10.2. The molecule has 1 unspecified atom stereocenters. The van der Waals surface area contributed by atoms with Crippen LogP contribution in [0, 0.1) is 0 Å². The summed E-state index contributed by atoms with van der Waals surface area (Å²) in [6.45, 7) is 7.76. The third kappa shape index (κ3) is 4.18. The number of hydrogen-bond donors (Lipinski definition) is 0. The smallest absolute Gasteiger partial charge is 0.305 e. The molecule has 0 bridgehead atoms. The molecule has 0 aliphatic carbocycles. The van der Waals surface area contributed by atoms with Crippen molar-refractivity contribution in [1.29, 1.82) is 0 Å². The van der Waals surface area contributed by atoms with Gasteiger partial charge in [-0.3, -0.25) is 8.37 Å². The van der Waals surface area contributed by atoms with E-state index < -0.39 is 38.2 Å². The Balaban J connectivity index is 1.84. The van der Waals surface area contributed by atoms with Gasteiger partial charge in [-0.1, -0.05) is 81.4 Å². The van der Waals surface area contributed by atoms with Crippen molar-refractivity contribution < 1.29 is 26.5 Å². The molecule has 3 atom stereocenters. The highest BCUT2D eigenvalue weighted by atomic mass is 32.2. The standard InChI is InChI=1S/C22H28O6SSi/c1-22(2,3)30(17-10-6-4-7-11-17,18-12-8-5-9-13-18)28-20(21-24-14-15-25-21)19-16-26-29(23)27-19/h4-13,19-21H,14-16H2,1-3H3/t19-,20-,29?/m0/s1. The van der Waals surface area contributed by atoms with Crippen molar-refractivity contribution in [2.75, 3.05) is 19.8 Å². The maximum Gasteiger partial charge on any atom is 0.305 e. The molecule has 0 aromatic heterocycles. The Morgan fingerprint density at radius 3 is 1.93 bits per heavy atom. The zero-order valence-corrected chi connectivity index (χ0v) is 19.3. The summed E-state index contributed by atoms with van der Waals surface area (Å²) in [5.41, 5.74) is 0. The van der Waals surface area contributed by atoms with Crippen LogP contribution in [0.1, 0.15) is 20.8 Å². The van der Waals surface area contributed by atoms with Gasteiger partial charge in [0.25, 0.3) is 8.32 Å². The Bertz CT molecular complexity index is 811. The van der Waals surface area contributed by atoms with E-state index in [1.54, 1.807) is 0 Å². The third-order valence-corrected chi connectivity index (χ3v) is 11.3. The Morgan fingerprint density at radius 2 is 1.50 bits per heavy atom. The van der Waals surface area contributed by atoms with E-state index in [4.69, 9.17) is 22.3 Å². The van der Waals surface area contributed by atoms with E-state index in [-0.39, 0.29) is 11.6 Å². The zero-order chi connectivity index (χ0) is 21.2. The SMILES string of the molecule is CC(C)(C)[Si](O[C@H](C1OCCO1)[C@@H]1COS(=O)O1)(c1ccccc1)c1ccccc1. The maximum absolute atomic E-state index is 11.8. The van der Waals surface area contributed by atoms with Gasteiger partial charge in [-0.25, -0.2) is 0 Å². The summed E-state index contributed by atoms with van der Waals surface area (Å²) < 4.78 is 41.4. The van der Waals surface area contributed by atoms with E-state index in [9.17, 15) is 4.21 Å². The summed E-state index contributed by atoms with van der Waals surface area (Å²) in [5.74, 6) is 0. The molecule has 2 aliphatic rings. The van der Waals surface area contributed by atoms with Gasteiger partial charge in [-0.2, -0.15) is 4.21 Å². The molecule has 2 fully saturated rings. The Kier molecular flexibility index (Phi) is 6.55. The van der Waals surface area contributed by atoms with Crippen LogP contribution in [0.2, 0.25) is 5.04 Å². The Hall–Kier alpha value is -1.39. The van der Waals surface area contributed by atoms with Crippen molar-refractivity contribution in [3.63, 3.8) is 0 Å². The summed E-state index contributed by atoms with van der Waals surface area (Å²) in [5, 5.41) is 2.07. The van der Waals surface area contributed by atoms with E-state index in [1.165, 1.54) is 0 Å². The topological polar surface area (TPSA) is 63.2 Å². The van der Waals surface area contributed by atoms with Crippen molar-refractivity contribution in [2.45, 2.75) is 44.3 Å². The molecule has 2 aliphatic heterocycles. The molecule has 0 N–H and O–H groups in total. The highest BCUT2D eigenvalue weighted by Gasteiger charge is 2.54. The molecular formula is C22H28O6SSi. The van der Waals surface area contributed by atoms with Crippen LogP contribution in [-0.4, -0.2) is 50.8 Å². The third-order valence-electron chi connectivity index (χ3n) is 5.54. The van der Waals surface area contributed by atoms with Crippen LogP contribution in [0.4, 0.5) is 0 Å². The highest BCUT2D eigenvalue weighted by Crippen LogP contribution is 2.39. The second-order valence-corrected chi connectivity index (χ2v) is 13.6. The van der Waals surface area contributed by atoms with E-state index in [0.717, 1.165) is 10.4 Å². The Morgan fingerprint density at radius 1 is 0.967 bits per heavy atom. The molecular weight excluding hydrogens is 420 g/mol. The highest BCUT2D eigenvalue weighted by molar-refractivity contribution is 7.75. The van der Waals surface area contributed by atoms with E-state index in [0.29, 0.717) is 13.2 Å². The predicted octanol–water partition coefficient (Wildman–Crippen LogP) is 2.30. The summed E-state index contributed by atoms with van der Waals surface area (Å²) in [6.07, 6.45) is -1.73. The van der Waals surface area contributed by atoms with Crippen LogP contribution in [0.25, 0.3) is 0 Å². The van der Waals surface area contributed by atoms with Crippen molar-refractivity contribution in [2.24, 2.45) is 0 Å². The van der Waals surface area contributed by atoms with E-state index in [2.05, 4.69) is 45.0 Å². The number of hydrogen-bond acceptors (Lipinski definition) is 6. The Labute approximate surface area is 181 Å². The monoisotopic (exact) mass is 448 g/mol. The first-order valence-corrected chi connectivity index (χ1v) is 13.1. The number of benzene rings is 2. The zero-order valence-electron chi connectivity index (χ0n) is 17.5. The molecule has 0 spiro atoms. The van der Waals surface area contributed by atoms with Gasteiger partial charge in [-0.15, -0.1) is 0 Å². The van der Waals surface area contributed by atoms with Gasteiger partial charge in [0.05, 0.1) is 19.8 Å². The predicted molar refractivity (Wildman–Crippen MR) is 117 cm³/mol. The van der Waals surface area contributed by atoms with Crippen molar-refractivity contribution in [3.8, 4) is 0 Å². The molecule has 4 rings (SSSR count). The summed E-state index contributed by atoms with van der Waals surface area (Å²) in [6, 6.07) is 20.7. The quantitative estimate of drug-likeness (QED) is 0.632. The number of ether oxygens (including phenoxy) is 2. The van der Waals surface area contributed by atoms with Crippen molar-refractivity contribution in [3.05, 3.63) is 60.7 Å². The lowest BCUT2D eigenvalue weighted by molar-refractivity contribution is -0.140. The molecule has 0 saturated carbocycles. The van der Waals surface area contributed by atoms with E-state index in [1.807, 2.05) is 36.4 Å². The fraction of sp³-hybridized carbons (Fsp3) is 0.455. The van der Waals surface area contributed by atoms with Crippen LogP contribution < -0.4 is 10.4 Å². The van der Waals surface area contributed by atoms with Crippen LogP contribution in [-0.2, 0) is 33.6 Å². The molecule has 6 nitrogen and oxygen atoms in total. The van der Waals surface area contributed by atoms with Gasteiger partial charge in [0.1, 0.15) is 12.2 Å². The fourth-order valence-electron chi connectivity index (χ4n) is 4.20. The average Bonchev–Trinajstić information content (AvgIpc) is 3.42. The molecule has 162 valence electrons. The van der Waals surface area contributed by atoms with Gasteiger partial charge < -0.3 is 13.9 Å². The lowest BCUT2D eigenvalue weighted by atomic mass is 10.2. The minimum Gasteiger partial charge on any atom is -0.396 e. The largest absolute Gasteiger partial charge is 0.396 e. The van der Waals surface area contributed by atoms with Gasteiger partial charge >= 0.3 is 11.4 Å².